The van der Waals surface area contributed by atoms with Crippen molar-refractivity contribution in [3.8, 4) is 0 Å². The Balaban J connectivity index is 1.24. The van der Waals surface area contributed by atoms with Crippen molar-refractivity contribution in [2.45, 2.75) is 88.5 Å². The fourth-order valence-electron chi connectivity index (χ4n) is 5.44. The molecule has 2 unspecified atom stereocenters. The number of rotatable bonds is 5. The number of hydrogen-bond donors (Lipinski definition) is 2. The molecule has 2 bridgehead atoms. The Morgan fingerprint density at radius 3 is 2.37 bits per heavy atom. The molecule has 166 valence electrons. The van der Waals surface area contributed by atoms with E-state index in [0.29, 0.717) is 37.5 Å². The molecule has 10 heteroatoms. The van der Waals surface area contributed by atoms with Gasteiger partial charge in [-0.15, -0.1) is 0 Å². The van der Waals surface area contributed by atoms with Gasteiger partial charge >= 0.3 is 0 Å². The fraction of sp³-hybridized carbons (Fsp3) is 0.800. The van der Waals surface area contributed by atoms with Gasteiger partial charge in [-0.3, -0.25) is 4.79 Å². The van der Waals surface area contributed by atoms with Gasteiger partial charge in [0, 0.05) is 55.3 Å². The summed E-state index contributed by atoms with van der Waals surface area (Å²) in [7, 11) is -3.50. The van der Waals surface area contributed by atoms with Gasteiger partial charge in [0.1, 0.15) is 5.76 Å². The molecule has 30 heavy (non-hydrogen) atoms. The number of carbonyl (C=O) groups is 1. The molecule has 2 N–H and O–H groups in total. The first-order valence-electron chi connectivity index (χ1n) is 11.1. The predicted molar refractivity (Wildman–Crippen MR) is 110 cm³/mol. The van der Waals surface area contributed by atoms with Gasteiger partial charge in [0.25, 0.3) is 16.1 Å². The van der Waals surface area contributed by atoms with Gasteiger partial charge in [-0.1, -0.05) is 5.16 Å². The second kappa shape index (κ2) is 7.58. The molecule has 1 aromatic heterocycles. The molecule has 3 aliphatic heterocycles. The molecular formula is C20H31N5O4S. The highest BCUT2D eigenvalue weighted by Gasteiger charge is 2.49. The molecule has 5 atom stereocenters. The zero-order valence-electron chi connectivity index (χ0n) is 17.6. The van der Waals surface area contributed by atoms with Crippen LogP contribution in [0.15, 0.2) is 10.6 Å². The SMILES string of the molecule is CC1CN(S(=O)(=O)N2[C@@H]3CC[C@H]2C[C@@H](NC(=O)c2cc(C4CC4)on2)C3)CC(C)N1. The van der Waals surface area contributed by atoms with E-state index >= 15 is 0 Å². The number of amides is 1. The molecule has 3 saturated heterocycles. The smallest absolute Gasteiger partial charge is 0.282 e. The number of fused-ring (bicyclic) bond motifs is 2. The Labute approximate surface area is 177 Å². The maximum Gasteiger partial charge on any atom is 0.282 e. The molecule has 9 nitrogen and oxygen atoms in total. The van der Waals surface area contributed by atoms with Crippen LogP contribution in [0.5, 0.6) is 0 Å². The molecule has 0 aromatic carbocycles. The summed E-state index contributed by atoms with van der Waals surface area (Å²) in [5, 5.41) is 10.4. The molecule has 0 spiro atoms. The molecular weight excluding hydrogens is 406 g/mol. The van der Waals surface area contributed by atoms with E-state index in [-0.39, 0.29) is 36.1 Å². The highest BCUT2D eigenvalue weighted by molar-refractivity contribution is 7.86. The summed E-state index contributed by atoms with van der Waals surface area (Å²) in [4.78, 5) is 12.6. The van der Waals surface area contributed by atoms with Crippen LogP contribution in [0.4, 0.5) is 0 Å². The second-order valence-corrected chi connectivity index (χ2v) is 11.4. The molecule has 1 amide bonds. The van der Waals surface area contributed by atoms with Crippen molar-refractivity contribution in [1.29, 1.82) is 0 Å². The van der Waals surface area contributed by atoms with Gasteiger partial charge in [-0.05, 0) is 52.4 Å². The van der Waals surface area contributed by atoms with E-state index in [9.17, 15) is 13.2 Å². The van der Waals surface area contributed by atoms with Crippen molar-refractivity contribution < 1.29 is 17.7 Å². The van der Waals surface area contributed by atoms with Crippen LogP contribution in [0.2, 0.25) is 0 Å². The highest BCUT2D eigenvalue weighted by Crippen LogP contribution is 2.41. The molecule has 0 radical (unpaired) electrons. The van der Waals surface area contributed by atoms with Crippen LogP contribution in [0.25, 0.3) is 0 Å². The van der Waals surface area contributed by atoms with Crippen LogP contribution in [0, 0.1) is 0 Å². The van der Waals surface area contributed by atoms with Crippen LogP contribution in [0.1, 0.15) is 74.5 Å². The Bertz CT molecular complexity index is 890. The van der Waals surface area contributed by atoms with Crippen LogP contribution in [-0.2, 0) is 10.2 Å². The topological polar surface area (TPSA) is 108 Å². The van der Waals surface area contributed by atoms with E-state index in [0.717, 1.165) is 31.4 Å². The minimum Gasteiger partial charge on any atom is -0.360 e. The lowest BCUT2D eigenvalue weighted by Crippen LogP contribution is -2.61. The van der Waals surface area contributed by atoms with Crippen LogP contribution < -0.4 is 10.6 Å². The number of nitrogens with zero attached hydrogens (tertiary/aromatic N) is 3. The molecule has 5 rings (SSSR count). The highest BCUT2D eigenvalue weighted by atomic mass is 32.2. The minimum absolute atomic E-state index is 0.0385. The molecule has 1 aromatic rings. The zero-order chi connectivity index (χ0) is 21.0. The summed E-state index contributed by atoms with van der Waals surface area (Å²) in [6.07, 6.45) is 5.18. The first-order chi connectivity index (χ1) is 14.3. The average molecular weight is 438 g/mol. The lowest BCUT2D eigenvalue weighted by Gasteiger charge is -2.43. The first kappa shape index (κ1) is 20.4. The number of piperidine rings is 1. The average Bonchev–Trinajstić information content (AvgIpc) is 3.33. The number of aromatic nitrogens is 1. The summed E-state index contributed by atoms with van der Waals surface area (Å²) < 4.78 is 35.5. The molecule has 4 heterocycles. The first-order valence-corrected chi connectivity index (χ1v) is 12.5. The largest absolute Gasteiger partial charge is 0.360 e. The monoisotopic (exact) mass is 437 g/mol. The van der Waals surface area contributed by atoms with Crippen molar-refractivity contribution in [2.24, 2.45) is 0 Å². The van der Waals surface area contributed by atoms with Crippen LogP contribution >= 0.6 is 0 Å². The summed E-state index contributed by atoms with van der Waals surface area (Å²) in [6, 6.07) is 1.87. The Morgan fingerprint density at radius 2 is 1.77 bits per heavy atom. The van der Waals surface area contributed by atoms with E-state index in [2.05, 4.69) is 15.8 Å². The number of hydrogen-bond acceptors (Lipinski definition) is 6. The Kier molecular flexibility index (Phi) is 5.16. The molecule has 1 aliphatic carbocycles. The van der Waals surface area contributed by atoms with Crippen LogP contribution in [-0.4, -0.2) is 71.4 Å². The Hall–Kier alpha value is -1.49. The fourth-order valence-corrected chi connectivity index (χ4v) is 7.67. The van der Waals surface area contributed by atoms with Gasteiger partial charge in [0.2, 0.25) is 0 Å². The van der Waals surface area contributed by atoms with Gasteiger partial charge < -0.3 is 15.2 Å². The predicted octanol–water partition coefficient (Wildman–Crippen LogP) is 1.20. The van der Waals surface area contributed by atoms with Crippen molar-refractivity contribution in [3.63, 3.8) is 0 Å². The van der Waals surface area contributed by atoms with E-state index in [1.165, 1.54) is 0 Å². The van der Waals surface area contributed by atoms with Gasteiger partial charge in [-0.2, -0.15) is 17.0 Å². The van der Waals surface area contributed by atoms with Crippen molar-refractivity contribution in [1.82, 2.24) is 24.4 Å². The lowest BCUT2D eigenvalue weighted by molar-refractivity contribution is 0.0897. The maximum atomic E-state index is 13.4. The zero-order valence-corrected chi connectivity index (χ0v) is 18.4. The van der Waals surface area contributed by atoms with E-state index in [4.69, 9.17) is 4.52 Å². The van der Waals surface area contributed by atoms with Gasteiger partial charge in [0.05, 0.1) is 0 Å². The second-order valence-electron chi connectivity index (χ2n) is 9.54. The number of piperazine rings is 1. The summed E-state index contributed by atoms with van der Waals surface area (Å²) in [6.45, 7) is 5.04. The third-order valence-electron chi connectivity index (χ3n) is 6.86. The minimum atomic E-state index is -3.50. The van der Waals surface area contributed by atoms with Gasteiger partial charge in [-0.25, -0.2) is 0 Å². The number of nitrogens with one attached hydrogen (secondary N) is 2. The third kappa shape index (κ3) is 3.79. The van der Waals surface area contributed by atoms with E-state index in [1.807, 2.05) is 13.8 Å². The Morgan fingerprint density at radius 1 is 1.13 bits per heavy atom. The van der Waals surface area contributed by atoms with Crippen LogP contribution in [0.3, 0.4) is 0 Å². The van der Waals surface area contributed by atoms with E-state index in [1.54, 1.807) is 14.7 Å². The van der Waals surface area contributed by atoms with Crippen molar-refractivity contribution in [3.05, 3.63) is 17.5 Å². The van der Waals surface area contributed by atoms with E-state index < -0.39 is 10.2 Å². The molecule has 4 aliphatic rings. The summed E-state index contributed by atoms with van der Waals surface area (Å²) in [5.41, 5.74) is 0.322. The standard InChI is InChI=1S/C20H31N5O4S/c1-12-10-24(11-13(2)21-12)30(27,28)25-16-5-6-17(25)8-15(7-16)22-20(26)18-9-19(29-23-18)14-3-4-14/h9,12-17,21H,3-8,10-11H2,1-2H3,(H,22,26)/t12?,13?,15-,16+,17-. The van der Waals surface area contributed by atoms with Crippen molar-refractivity contribution >= 4 is 16.1 Å². The molecule has 1 saturated carbocycles. The maximum absolute atomic E-state index is 13.4. The summed E-state index contributed by atoms with van der Waals surface area (Å²) in [5.74, 6) is 0.982. The third-order valence-corrected chi connectivity index (χ3v) is 8.94. The van der Waals surface area contributed by atoms with Crippen molar-refractivity contribution in [2.75, 3.05) is 13.1 Å². The number of carbonyl (C=O) groups excluding carboxylic acids is 1. The normalized spacial score (nSPS) is 35.5. The summed E-state index contributed by atoms with van der Waals surface area (Å²) >= 11 is 0. The van der Waals surface area contributed by atoms with Gasteiger partial charge in [0.15, 0.2) is 5.69 Å². The molecule has 4 fully saturated rings. The lowest BCUT2D eigenvalue weighted by atomic mass is 9.99. The quantitative estimate of drug-likeness (QED) is 0.717.